The molecule has 1 heterocycles. The second kappa shape index (κ2) is 8.46. The summed E-state index contributed by atoms with van der Waals surface area (Å²) in [7, 11) is 0. The molecule has 1 aromatic rings. The van der Waals surface area contributed by atoms with Crippen molar-refractivity contribution in [2.45, 2.75) is 32.2 Å². The minimum atomic E-state index is 0.150. The summed E-state index contributed by atoms with van der Waals surface area (Å²) in [5.41, 5.74) is 1.39. The molecule has 0 atom stereocenters. The molecule has 0 aromatic heterocycles. The Kier molecular flexibility index (Phi) is 6.06. The number of hydrogen-bond donors (Lipinski definition) is 2. The molecule has 2 fully saturated rings. The first-order chi connectivity index (χ1) is 11.3. The van der Waals surface area contributed by atoms with Crippen LogP contribution in [-0.2, 0) is 11.3 Å². The highest BCUT2D eigenvalue weighted by Gasteiger charge is 2.21. The molecule has 3 rings (SSSR count). The van der Waals surface area contributed by atoms with E-state index in [9.17, 15) is 4.79 Å². The lowest BCUT2D eigenvalue weighted by atomic mass is 9.96. The zero-order valence-corrected chi connectivity index (χ0v) is 14.0. The van der Waals surface area contributed by atoms with E-state index < -0.39 is 0 Å². The monoisotopic (exact) mass is 315 g/mol. The Hall–Kier alpha value is -1.39. The van der Waals surface area contributed by atoms with Gasteiger partial charge in [-0.15, -0.1) is 0 Å². The molecule has 4 heteroatoms. The number of carbonyl (C=O) groups is 1. The number of benzene rings is 1. The van der Waals surface area contributed by atoms with Crippen molar-refractivity contribution in [3.05, 3.63) is 35.9 Å². The van der Waals surface area contributed by atoms with Crippen molar-refractivity contribution in [2.75, 3.05) is 32.7 Å². The summed E-state index contributed by atoms with van der Waals surface area (Å²) in [5.74, 6) is 1.61. The molecule has 1 aliphatic heterocycles. The summed E-state index contributed by atoms with van der Waals surface area (Å²) in [6.45, 7) is 5.63. The van der Waals surface area contributed by atoms with Gasteiger partial charge in [-0.3, -0.25) is 9.69 Å². The van der Waals surface area contributed by atoms with Crippen LogP contribution < -0.4 is 10.6 Å². The van der Waals surface area contributed by atoms with Gasteiger partial charge in [0.1, 0.15) is 0 Å². The quantitative estimate of drug-likeness (QED) is 0.771. The van der Waals surface area contributed by atoms with Crippen LogP contribution in [0.4, 0.5) is 0 Å². The Morgan fingerprint density at radius 1 is 1.00 bits per heavy atom. The molecule has 1 saturated heterocycles. The summed E-state index contributed by atoms with van der Waals surface area (Å²) >= 11 is 0. The maximum Gasteiger partial charge on any atom is 0.233 e. The molecule has 126 valence electrons. The summed E-state index contributed by atoms with van der Waals surface area (Å²) in [6, 6.07) is 10.7. The number of hydrogen-bond acceptors (Lipinski definition) is 3. The maximum atomic E-state index is 11.8. The molecular formula is C19H29N3O. The van der Waals surface area contributed by atoms with Gasteiger partial charge in [0.25, 0.3) is 0 Å². The lowest BCUT2D eigenvalue weighted by Gasteiger charge is -2.32. The van der Waals surface area contributed by atoms with E-state index in [0.29, 0.717) is 12.5 Å². The molecule has 2 N–H and O–H groups in total. The van der Waals surface area contributed by atoms with Gasteiger partial charge in [-0.05, 0) is 62.7 Å². The van der Waals surface area contributed by atoms with Crippen LogP contribution in [0.2, 0.25) is 0 Å². The highest BCUT2D eigenvalue weighted by molar-refractivity contribution is 5.77. The molecular weight excluding hydrogens is 286 g/mol. The van der Waals surface area contributed by atoms with Crippen LogP contribution >= 0.6 is 0 Å². The van der Waals surface area contributed by atoms with E-state index in [1.165, 1.54) is 31.2 Å². The minimum Gasteiger partial charge on any atom is -0.355 e. The predicted octanol–water partition coefficient (Wildman–Crippen LogP) is 2.01. The smallest absolute Gasteiger partial charge is 0.233 e. The third-order valence-electron chi connectivity index (χ3n) is 4.96. The largest absolute Gasteiger partial charge is 0.355 e. The molecule has 4 nitrogen and oxygen atoms in total. The van der Waals surface area contributed by atoms with Gasteiger partial charge >= 0.3 is 0 Å². The second-order valence-electron chi connectivity index (χ2n) is 7.08. The number of piperidine rings is 1. The fourth-order valence-corrected chi connectivity index (χ4v) is 3.22. The van der Waals surface area contributed by atoms with Gasteiger partial charge in [0.2, 0.25) is 5.91 Å². The minimum absolute atomic E-state index is 0.150. The van der Waals surface area contributed by atoms with Gasteiger partial charge in [0.05, 0.1) is 6.54 Å². The zero-order valence-electron chi connectivity index (χ0n) is 14.0. The van der Waals surface area contributed by atoms with Crippen LogP contribution in [-0.4, -0.2) is 43.5 Å². The van der Waals surface area contributed by atoms with Crippen LogP contribution in [0.25, 0.3) is 0 Å². The number of nitrogens with zero attached hydrogens (tertiary/aromatic N) is 1. The first kappa shape index (κ1) is 16.5. The van der Waals surface area contributed by atoms with E-state index >= 15 is 0 Å². The Bertz CT molecular complexity index is 479. The Labute approximate surface area is 139 Å². The highest BCUT2D eigenvalue weighted by Crippen LogP contribution is 2.27. The maximum absolute atomic E-state index is 11.8. The molecule has 1 aliphatic carbocycles. The van der Waals surface area contributed by atoms with Crippen LogP contribution in [0, 0.1) is 11.8 Å². The molecule has 0 radical (unpaired) electrons. The molecule has 0 spiro atoms. The molecule has 23 heavy (non-hydrogen) atoms. The van der Waals surface area contributed by atoms with E-state index in [-0.39, 0.29) is 5.91 Å². The van der Waals surface area contributed by atoms with Crippen LogP contribution in [0.5, 0.6) is 0 Å². The van der Waals surface area contributed by atoms with Gasteiger partial charge in [-0.1, -0.05) is 30.3 Å². The number of likely N-dealkylation sites (tertiary alicyclic amines) is 1. The summed E-state index contributed by atoms with van der Waals surface area (Å²) in [6.07, 6.45) is 5.03. The normalized spacial score (nSPS) is 19.7. The lowest BCUT2D eigenvalue weighted by molar-refractivity contribution is -0.120. The fourth-order valence-electron chi connectivity index (χ4n) is 3.22. The van der Waals surface area contributed by atoms with Crippen molar-refractivity contribution in [3.8, 4) is 0 Å². The molecule has 1 saturated carbocycles. The van der Waals surface area contributed by atoms with Gasteiger partial charge in [-0.25, -0.2) is 0 Å². The summed E-state index contributed by atoms with van der Waals surface area (Å²) in [5, 5.41) is 6.34. The average molecular weight is 315 g/mol. The van der Waals surface area contributed by atoms with Crippen molar-refractivity contribution in [2.24, 2.45) is 11.8 Å². The van der Waals surface area contributed by atoms with E-state index in [1.54, 1.807) is 0 Å². The zero-order chi connectivity index (χ0) is 15.9. The molecule has 1 aromatic carbocycles. The topological polar surface area (TPSA) is 44.4 Å². The van der Waals surface area contributed by atoms with Crippen LogP contribution in [0.15, 0.2) is 30.3 Å². The predicted molar refractivity (Wildman–Crippen MR) is 93.0 cm³/mol. The van der Waals surface area contributed by atoms with E-state index in [0.717, 1.165) is 38.6 Å². The van der Waals surface area contributed by atoms with E-state index in [2.05, 4.69) is 45.9 Å². The fraction of sp³-hybridized carbons (Fsp3) is 0.632. The van der Waals surface area contributed by atoms with Gasteiger partial charge < -0.3 is 10.6 Å². The summed E-state index contributed by atoms with van der Waals surface area (Å²) < 4.78 is 0. The Morgan fingerprint density at radius 2 is 1.70 bits per heavy atom. The number of carbonyl (C=O) groups excluding carboxylic acids is 1. The highest BCUT2D eigenvalue weighted by atomic mass is 16.1. The van der Waals surface area contributed by atoms with E-state index in [4.69, 9.17) is 0 Å². The van der Waals surface area contributed by atoms with Crippen LogP contribution in [0.1, 0.15) is 31.2 Å². The van der Waals surface area contributed by atoms with Gasteiger partial charge in [0.15, 0.2) is 0 Å². The van der Waals surface area contributed by atoms with Crippen molar-refractivity contribution < 1.29 is 4.79 Å². The molecule has 2 aliphatic rings. The first-order valence-electron chi connectivity index (χ1n) is 9.03. The number of nitrogens with one attached hydrogen (secondary N) is 2. The number of amides is 1. The van der Waals surface area contributed by atoms with Gasteiger partial charge in [0, 0.05) is 13.1 Å². The molecule has 0 bridgehead atoms. The first-order valence-corrected chi connectivity index (χ1v) is 9.03. The third-order valence-corrected chi connectivity index (χ3v) is 4.96. The van der Waals surface area contributed by atoms with Crippen molar-refractivity contribution >= 4 is 5.91 Å². The SMILES string of the molecule is O=C(CNCC1CC1)NCC1CCN(Cc2ccccc2)CC1. The Morgan fingerprint density at radius 3 is 2.39 bits per heavy atom. The molecule has 1 amide bonds. The second-order valence-corrected chi connectivity index (χ2v) is 7.08. The summed E-state index contributed by atoms with van der Waals surface area (Å²) in [4.78, 5) is 14.3. The third kappa shape index (κ3) is 5.96. The molecule has 0 unspecified atom stereocenters. The Balaban J connectivity index is 1.27. The van der Waals surface area contributed by atoms with Crippen LogP contribution in [0.3, 0.4) is 0 Å². The lowest BCUT2D eigenvalue weighted by Crippen LogP contribution is -2.41. The van der Waals surface area contributed by atoms with Crippen molar-refractivity contribution in [1.29, 1.82) is 0 Å². The van der Waals surface area contributed by atoms with E-state index in [1.807, 2.05) is 0 Å². The van der Waals surface area contributed by atoms with Crippen molar-refractivity contribution in [3.63, 3.8) is 0 Å². The van der Waals surface area contributed by atoms with Gasteiger partial charge in [-0.2, -0.15) is 0 Å². The van der Waals surface area contributed by atoms with Crippen molar-refractivity contribution in [1.82, 2.24) is 15.5 Å². The standard InChI is InChI=1S/C19H29N3O/c23-19(14-20-12-16-6-7-16)21-13-17-8-10-22(11-9-17)15-18-4-2-1-3-5-18/h1-5,16-17,20H,6-15H2,(H,21,23). The average Bonchev–Trinajstić information content (AvgIpc) is 3.39. The number of rotatable bonds is 8.